The first-order valence-corrected chi connectivity index (χ1v) is 6.30. The lowest BCUT2D eigenvalue weighted by Gasteiger charge is -2.20. The van der Waals surface area contributed by atoms with Crippen LogP contribution in [-0.4, -0.2) is 24.1 Å². The van der Waals surface area contributed by atoms with Crippen LogP contribution in [0.2, 0.25) is 0 Å². The summed E-state index contributed by atoms with van der Waals surface area (Å²) in [7, 11) is 3.88. The minimum absolute atomic E-state index is 0.689. The maximum absolute atomic E-state index is 5.60. The summed E-state index contributed by atoms with van der Waals surface area (Å²) >= 11 is 0. The Balaban J connectivity index is 2.28. The second kappa shape index (κ2) is 5.30. The Hall–Kier alpha value is -2.04. The van der Waals surface area contributed by atoms with Gasteiger partial charge in [-0.25, -0.2) is 9.97 Å². The van der Waals surface area contributed by atoms with Crippen molar-refractivity contribution in [2.45, 2.75) is 27.3 Å². The standard InChI is InChI=1S/C14H20N4O/c1-9-6-7-12(19-9)8-18(5)14-10(2)13(15-4)16-11(3)17-14/h6-7H,8H2,1-5H3,(H,15,16,17). The van der Waals surface area contributed by atoms with Crippen molar-refractivity contribution in [3.63, 3.8) is 0 Å². The van der Waals surface area contributed by atoms with Gasteiger partial charge in [0.25, 0.3) is 0 Å². The lowest BCUT2D eigenvalue weighted by molar-refractivity contribution is 0.481. The summed E-state index contributed by atoms with van der Waals surface area (Å²) in [5.41, 5.74) is 1.04. The SMILES string of the molecule is CNc1nc(C)nc(N(C)Cc2ccc(C)o2)c1C. The van der Waals surface area contributed by atoms with Gasteiger partial charge in [-0.05, 0) is 32.9 Å². The summed E-state index contributed by atoms with van der Waals surface area (Å²) in [5, 5.41) is 3.10. The average molecular weight is 260 g/mol. The highest BCUT2D eigenvalue weighted by Gasteiger charge is 2.13. The van der Waals surface area contributed by atoms with Gasteiger partial charge in [-0.15, -0.1) is 0 Å². The van der Waals surface area contributed by atoms with E-state index in [9.17, 15) is 0 Å². The zero-order valence-electron chi connectivity index (χ0n) is 12.1. The topological polar surface area (TPSA) is 54.2 Å². The predicted molar refractivity (Wildman–Crippen MR) is 76.6 cm³/mol. The van der Waals surface area contributed by atoms with Gasteiger partial charge in [0, 0.05) is 19.7 Å². The molecule has 2 aromatic heterocycles. The predicted octanol–water partition coefficient (Wildman–Crippen LogP) is 2.67. The second-order valence-electron chi connectivity index (χ2n) is 4.69. The molecule has 0 fully saturated rings. The number of nitrogens with one attached hydrogen (secondary N) is 1. The molecule has 0 spiro atoms. The van der Waals surface area contributed by atoms with Crippen LogP contribution in [0.5, 0.6) is 0 Å². The van der Waals surface area contributed by atoms with E-state index in [1.807, 2.05) is 47.0 Å². The Kier molecular flexibility index (Phi) is 3.74. The molecule has 2 rings (SSSR count). The van der Waals surface area contributed by atoms with Crippen molar-refractivity contribution in [3.8, 4) is 0 Å². The van der Waals surface area contributed by atoms with E-state index < -0.39 is 0 Å². The van der Waals surface area contributed by atoms with Crippen LogP contribution in [0.3, 0.4) is 0 Å². The van der Waals surface area contributed by atoms with Gasteiger partial charge in [0.05, 0.1) is 6.54 Å². The molecule has 0 unspecified atom stereocenters. The molecule has 5 nitrogen and oxygen atoms in total. The van der Waals surface area contributed by atoms with Crippen LogP contribution in [0.4, 0.5) is 11.6 Å². The van der Waals surface area contributed by atoms with E-state index in [-0.39, 0.29) is 0 Å². The van der Waals surface area contributed by atoms with E-state index in [2.05, 4.69) is 20.2 Å². The second-order valence-corrected chi connectivity index (χ2v) is 4.69. The van der Waals surface area contributed by atoms with Crippen LogP contribution in [0.25, 0.3) is 0 Å². The number of hydrogen-bond acceptors (Lipinski definition) is 5. The fraction of sp³-hybridized carbons (Fsp3) is 0.429. The molecule has 0 saturated heterocycles. The summed E-state index contributed by atoms with van der Waals surface area (Å²) in [4.78, 5) is 11.0. The van der Waals surface area contributed by atoms with E-state index >= 15 is 0 Å². The number of hydrogen-bond donors (Lipinski definition) is 1. The van der Waals surface area contributed by atoms with Crippen LogP contribution in [0, 0.1) is 20.8 Å². The molecular weight excluding hydrogens is 240 g/mol. The van der Waals surface area contributed by atoms with Gasteiger partial charge in [0.15, 0.2) is 0 Å². The summed E-state index contributed by atoms with van der Waals surface area (Å²) in [6, 6.07) is 3.97. The first-order valence-electron chi connectivity index (χ1n) is 6.30. The molecule has 0 aromatic carbocycles. The number of aryl methyl sites for hydroxylation is 2. The maximum Gasteiger partial charge on any atom is 0.137 e. The van der Waals surface area contributed by atoms with Crippen LogP contribution in [0.15, 0.2) is 16.5 Å². The Morgan fingerprint density at radius 3 is 2.53 bits per heavy atom. The lowest BCUT2D eigenvalue weighted by atomic mass is 10.2. The highest BCUT2D eigenvalue weighted by Crippen LogP contribution is 2.23. The first kappa shape index (κ1) is 13.4. The van der Waals surface area contributed by atoms with Gasteiger partial charge >= 0.3 is 0 Å². The third-order valence-electron chi connectivity index (χ3n) is 3.02. The largest absolute Gasteiger partial charge is 0.464 e. The van der Waals surface area contributed by atoms with Gasteiger partial charge < -0.3 is 14.6 Å². The fourth-order valence-electron chi connectivity index (χ4n) is 2.11. The Morgan fingerprint density at radius 1 is 1.21 bits per heavy atom. The van der Waals surface area contributed by atoms with Crippen molar-refractivity contribution in [3.05, 3.63) is 35.0 Å². The van der Waals surface area contributed by atoms with Gasteiger partial charge in [-0.3, -0.25) is 0 Å². The van der Waals surface area contributed by atoms with E-state index in [4.69, 9.17) is 4.42 Å². The van der Waals surface area contributed by atoms with Crippen LogP contribution >= 0.6 is 0 Å². The number of nitrogens with zero attached hydrogens (tertiary/aromatic N) is 3. The molecule has 2 aromatic rings. The molecule has 0 saturated carbocycles. The van der Waals surface area contributed by atoms with Crippen molar-refractivity contribution < 1.29 is 4.42 Å². The van der Waals surface area contributed by atoms with Crippen molar-refractivity contribution in [2.75, 3.05) is 24.3 Å². The summed E-state index contributed by atoms with van der Waals surface area (Å²) < 4.78 is 5.60. The van der Waals surface area contributed by atoms with Crippen LogP contribution in [-0.2, 0) is 6.54 Å². The maximum atomic E-state index is 5.60. The third kappa shape index (κ3) is 2.86. The average Bonchev–Trinajstić information content (AvgIpc) is 2.77. The molecule has 0 bridgehead atoms. The molecule has 5 heteroatoms. The zero-order chi connectivity index (χ0) is 14.0. The Bertz CT molecular complexity index is 577. The van der Waals surface area contributed by atoms with Crippen molar-refractivity contribution >= 4 is 11.6 Å². The third-order valence-corrected chi connectivity index (χ3v) is 3.02. The summed E-state index contributed by atoms with van der Waals surface area (Å²) in [6.07, 6.45) is 0. The van der Waals surface area contributed by atoms with E-state index in [1.165, 1.54) is 0 Å². The van der Waals surface area contributed by atoms with Gasteiger partial charge in [0.1, 0.15) is 29.0 Å². The minimum Gasteiger partial charge on any atom is -0.464 e. The van der Waals surface area contributed by atoms with Gasteiger partial charge in [0.2, 0.25) is 0 Å². The smallest absolute Gasteiger partial charge is 0.137 e. The number of anilines is 2. The highest BCUT2D eigenvalue weighted by molar-refractivity contribution is 5.58. The Labute approximate surface area is 113 Å². The van der Waals surface area contributed by atoms with E-state index in [0.29, 0.717) is 6.54 Å². The quantitative estimate of drug-likeness (QED) is 0.916. The lowest BCUT2D eigenvalue weighted by Crippen LogP contribution is -2.20. The van der Waals surface area contributed by atoms with Crippen molar-refractivity contribution in [1.82, 2.24) is 9.97 Å². The molecule has 0 amide bonds. The molecule has 0 atom stereocenters. The highest BCUT2D eigenvalue weighted by atomic mass is 16.3. The fourth-order valence-corrected chi connectivity index (χ4v) is 2.11. The van der Waals surface area contributed by atoms with Gasteiger partial charge in [-0.2, -0.15) is 0 Å². The monoisotopic (exact) mass is 260 g/mol. The zero-order valence-corrected chi connectivity index (χ0v) is 12.1. The number of rotatable bonds is 4. The Morgan fingerprint density at radius 2 is 1.95 bits per heavy atom. The first-order chi connectivity index (χ1) is 9.01. The van der Waals surface area contributed by atoms with Crippen LogP contribution in [0.1, 0.15) is 22.9 Å². The molecule has 102 valence electrons. The van der Waals surface area contributed by atoms with E-state index in [1.54, 1.807) is 0 Å². The minimum atomic E-state index is 0.689. The van der Waals surface area contributed by atoms with Crippen molar-refractivity contribution in [1.29, 1.82) is 0 Å². The molecule has 1 N–H and O–H groups in total. The number of furan rings is 1. The molecule has 19 heavy (non-hydrogen) atoms. The number of aromatic nitrogens is 2. The normalized spacial score (nSPS) is 10.6. The molecule has 0 aliphatic heterocycles. The summed E-state index contributed by atoms with van der Waals surface area (Å²) in [6.45, 7) is 6.55. The molecule has 0 aliphatic carbocycles. The van der Waals surface area contributed by atoms with Crippen molar-refractivity contribution in [2.24, 2.45) is 0 Å². The molecule has 0 aliphatic rings. The molecule has 2 heterocycles. The van der Waals surface area contributed by atoms with Gasteiger partial charge in [-0.1, -0.05) is 0 Å². The van der Waals surface area contributed by atoms with Crippen LogP contribution < -0.4 is 10.2 Å². The summed E-state index contributed by atoms with van der Waals surface area (Å²) in [5.74, 6) is 4.40. The molecule has 0 radical (unpaired) electrons. The molecular formula is C14H20N4O. The van der Waals surface area contributed by atoms with E-state index in [0.717, 1.165) is 34.5 Å².